The van der Waals surface area contributed by atoms with E-state index < -0.39 is 23.8 Å². The third-order valence-electron chi connectivity index (χ3n) is 5.55. The van der Waals surface area contributed by atoms with Crippen molar-refractivity contribution in [3.63, 3.8) is 0 Å². The van der Waals surface area contributed by atoms with Gasteiger partial charge in [-0.25, -0.2) is 13.6 Å². The lowest BCUT2D eigenvalue weighted by Gasteiger charge is -2.34. The van der Waals surface area contributed by atoms with Crippen LogP contribution in [0.2, 0.25) is 0 Å². The number of benzene rings is 1. The van der Waals surface area contributed by atoms with E-state index in [1.165, 1.54) is 4.90 Å². The van der Waals surface area contributed by atoms with Gasteiger partial charge in [-0.15, -0.1) is 0 Å². The van der Waals surface area contributed by atoms with E-state index in [9.17, 15) is 18.4 Å². The topological polar surface area (TPSA) is 71.1 Å². The lowest BCUT2D eigenvalue weighted by Crippen LogP contribution is -2.43. The van der Waals surface area contributed by atoms with Crippen molar-refractivity contribution in [2.24, 2.45) is 0 Å². The van der Waals surface area contributed by atoms with E-state index in [0.717, 1.165) is 31.4 Å². The van der Waals surface area contributed by atoms with Crippen LogP contribution in [0.15, 0.2) is 12.1 Å². The molecule has 3 saturated heterocycles. The van der Waals surface area contributed by atoms with Gasteiger partial charge in [0.15, 0.2) is 11.6 Å². The van der Waals surface area contributed by atoms with Gasteiger partial charge in [0, 0.05) is 31.6 Å². The van der Waals surface area contributed by atoms with Gasteiger partial charge in [0.2, 0.25) is 5.91 Å². The molecule has 2 bridgehead atoms. The first-order chi connectivity index (χ1) is 13.9. The third kappa shape index (κ3) is 4.14. The van der Waals surface area contributed by atoms with E-state index >= 15 is 0 Å². The molecule has 1 aromatic carbocycles. The van der Waals surface area contributed by atoms with Crippen molar-refractivity contribution >= 4 is 23.4 Å². The van der Waals surface area contributed by atoms with E-state index in [-0.39, 0.29) is 42.6 Å². The van der Waals surface area contributed by atoms with Crippen LogP contribution in [0.4, 0.5) is 25.0 Å². The van der Waals surface area contributed by atoms with Gasteiger partial charge in [0.1, 0.15) is 11.8 Å². The molecular formula is C20H25F2N3O4. The van der Waals surface area contributed by atoms with Crippen molar-refractivity contribution < 1.29 is 27.8 Å². The first-order valence-corrected chi connectivity index (χ1v) is 10.1. The molecular weight excluding hydrogens is 384 g/mol. The predicted molar refractivity (Wildman–Crippen MR) is 102 cm³/mol. The first kappa shape index (κ1) is 19.9. The van der Waals surface area contributed by atoms with E-state index in [1.54, 1.807) is 4.90 Å². The Morgan fingerprint density at radius 3 is 2.45 bits per heavy atom. The zero-order chi connectivity index (χ0) is 20.5. The summed E-state index contributed by atoms with van der Waals surface area (Å²) < 4.78 is 40.6. The number of hydrogen-bond donors (Lipinski definition) is 1. The molecule has 1 N–H and O–H groups in total. The second-order valence-corrected chi connectivity index (χ2v) is 7.79. The first-order valence-electron chi connectivity index (χ1n) is 10.1. The number of amides is 2. The molecule has 3 heterocycles. The molecule has 9 heteroatoms. The summed E-state index contributed by atoms with van der Waals surface area (Å²) in [5.41, 5.74) is 0.0252. The number of ether oxygens (including phenoxy) is 2. The number of nitrogens with zero attached hydrogens (tertiary/aromatic N) is 2. The number of hydrogen-bond acceptors (Lipinski definition) is 5. The summed E-state index contributed by atoms with van der Waals surface area (Å²) in [6.07, 6.45) is 1.67. The van der Waals surface area contributed by atoms with Crippen LogP contribution in [-0.2, 0) is 14.3 Å². The van der Waals surface area contributed by atoms with Crippen molar-refractivity contribution in [1.82, 2.24) is 5.32 Å². The number of carbonyl (C=O) groups is 2. The van der Waals surface area contributed by atoms with Gasteiger partial charge >= 0.3 is 6.09 Å². The van der Waals surface area contributed by atoms with Gasteiger partial charge in [-0.2, -0.15) is 0 Å². The summed E-state index contributed by atoms with van der Waals surface area (Å²) >= 11 is 0. The summed E-state index contributed by atoms with van der Waals surface area (Å²) in [6.45, 7) is 3.08. The van der Waals surface area contributed by atoms with Crippen LogP contribution in [-0.4, -0.2) is 56.5 Å². The van der Waals surface area contributed by atoms with Crippen LogP contribution >= 0.6 is 0 Å². The number of carbonyl (C=O) groups excluding carboxylic acids is 2. The molecule has 3 aliphatic heterocycles. The van der Waals surface area contributed by atoms with Gasteiger partial charge in [0.25, 0.3) is 0 Å². The highest BCUT2D eigenvalue weighted by molar-refractivity contribution is 5.90. The van der Waals surface area contributed by atoms with E-state index in [2.05, 4.69) is 5.32 Å². The Bertz CT molecular complexity index is 771. The fourth-order valence-electron chi connectivity index (χ4n) is 4.19. The second kappa shape index (κ2) is 8.14. The second-order valence-electron chi connectivity index (χ2n) is 7.79. The fourth-order valence-corrected chi connectivity index (χ4v) is 4.19. The number of morpholine rings is 1. The number of anilines is 2. The number of cyclic esters (lactones) is 1. The van der Waals surface area contributed by atoms with Crippen LogP contribution in [0.1, 0.15) is 32.6 Å². The summed E-state index contributed by atoms with van der Waals surface area (Å²) in [5.74, 6) is -1.55. The predicted octanol–water partition coefficient (Wildman–Crippen LogP) is 2.57. The number of nitrogens with one attached hydrogen (secondary N) is 1. The minimum atomic E-state index is -0.714. The maximum Gasteiger partial charge on any atom is 0.414 e. The minimum Gasteiger partial charge on any atom is -0.442 e. The average molecular weight is 409 g/mol. The van der Waals surface area contributed by atoms with Gasteiger partial charge < -0.3 is 19.7 Å². The molecule has 0 saturated carbocycles. The zero-order valence-corrected chi connectivity index (χ0v) is 16.3. The molecule has 2 amide bonds. The maximum absolute atomic E-state index is 14.8. The van der Waals surface area contributed by atoms with Crippen LogP contribution in [0.25, 0.3) is 0 Å². The summed E-state index contributed by atoms with van der Waals surface area (Å²) in [7, 11) is 0. The molecule has 3 fully saturated rings. The lowest BCUT2D eigenvalue weighted by atomic mass is 10.2. The SMILES string of the molecule is CCCC(=O)NC[C@H]1CN(c2cc(F)c(N3CC4CCC(C3)O4)c(F)c2)C(=O)O1. The molecule has 3 aliphatic rings. The van der Waals surface area contributed by atoms with E-state index in [0.29, 0.717) is 19.5 Å². The van der Waals surface area contributed by atoms with Gasteiger partial charge in [-0.3, -0.25) is 9.69 Å². The lowest BCUT2D eigenvalue weighted by molar-refractivity contribution is -0.121. The van der Waals surface area contributed by atoms with Crippen molar-refractivity contribution in [3.05, 3.63) is 23.8 Å². The molecule has 29 heavy (non-hydrogen) atoms. The van der Waals surface area contributed by atoms with Crippen LogP contribution in [0.5, 0.6) is 0 Å². The Kier molecular flexibility index (Phi) is 5.58. The molecule has 0 aromatic heterocycles. The molecule has 0 aliphatic carbocycles. The van der Waals surface area contributed by atoms with Crippen LogP contribution in [0, 0.1) is 11.6 Å². The Morgan fingerprint density at radius 1 is 1.17 bits per heavy atom. The van der Waals surface area contributed by atoms with Crippen LogP contribution < -0.4 is 15.1 Å². The molecule has 158 valence electrons. The average Bonchev–Trinajstić information content (AvgIpc) is 3.21. The molecule has 4 rings (SSSR count). The summed E-state index contributed by atoms with van der Waals surface area (Å²) in [6, 6.07) is 2.32. The Labute approximate surface area is 167 Å². The Hall–Kier alpha value is -2.42. The molecule has 7 nitrogen and oxygen atoms in total. The highest BCUT2D eigenvalue weighted by Gasteiger charge is 2.37. The standard InChI is InChI=1S/C20H25F2N3O4/c1-2-3-18(26)23-8-15-11-25(20(27)29-15)12-6-16(21)19(17(22)7-12)24-9-13-4-5-14(10-24)28-13/h6-7,13-15H,2-5,8-11H2,1H3,(H,23,26)/t13?,14?,15-/m0/s1. The largest absolute Gasteiger partial charge is 0.442 e. The van der Waals surface area contributed by atoms with Crippen molar-refractivity contribution in [3.8, 4) is 0 Å². The number of fused-ring (bicyclic) bond motifs is 2. The Balaban J connectivity index is 1.45. The molecule has 2 unspecified atom stereocenters. The van der Waals surface area contributed by atoms with Gasteiger partial charge in [-0.05, 0) is 19.3 Å². The van der Waals surface area contributed by atoms with Crippen molar-refractivity contribution in [2.75, 3.05) is 36.0 Å². The monoisotopic (exact) mass is 409 g/mol. The minimum absolute atomic E-state index is 0.00413. The van der Waals surface area contributed by atoms with Crippen molar-refractivity contribution in [1.29, 1.82) is 0 Å². The van der Waals surface area contributed by atoms with Gasteiger partial charge in [-0.1, -0.05) is 6.92 Å². The van der Waals surface area contributed by atoms with Crippen LogP contribution in [0.3, 0.4) is 0 Å². The molecule has 3 atom stereocenters. The number of halogens is 2. The fraction of sp³-hybridized carbons (Fsp3) is 0.600. The van der Waals surface area contributed by atoms with E-state index in [1.807, 2.05) is 6.92 Å². The highest BCUT2D eigenvalue weighted by atomic mass is 19.1. The summed E-state index contributed by atoms with van der Waals surface area (Å²) in [5, 5.41) is 2.70. The Morgan fingerprint density at radius 2 is 1.83 bits per heavy atom. The number of rotatable bonds is 6. The maximum atomic E-state index is 14.8. The summed E-state index contributed by atoms with van der Waals surface area (Å²) in [4.78, 5) is 26.6. The quantitative estimate of drug-likeness (QED) is 0.782. The molecule has 0 radical (unpaired) electrons. The zero-order valence-electron chi connectivity index (χ0n) is 16.3. The van der Waals surface area contributed by atoms with E-state index in [4.69, 9.17) is 9.47 Å². The van der Waals surface area contributed by atoms with Gasteiger partial charge in [0.05, 0.1) is 31.0 Å². The third-order valence-corrected chi connectivity index (χ3v) is 5.55. The van der Waals surface area contributed by atoms with Crippen molar-refractivity contribution in [2.45, 2.75) is 50.9 Å². The highest BCUT2D eigenvalue weighted by Crippen LogP contribution is 2.35. The normalized spacial score (nSPS) is 26.0. The molecule has 0 spiro atoms. The smallest absolute Gasteiger partial charge is 0.414 e. The molecule has 1 aromatic rings.